The van der Waals surface area contributed by atoms with Crippen LogP contribution in [0, 0.1) is 11.3 Å². The number of amides is 1. The van der Waals surface area contributed by atoms with E-state index in [1.807, 2.05) is 40.1 Å². The molecule has 1 aromatic rings. The molecule has 0 saturated heterocycles. The maximum Gasteiger partial charge on any atom is 0.234 e. The van der Waals surface area contributed by atoms with Crippen LogP contribution in [0.3, 0.4) is 0 Å². The van der Waals surface area contributed by atoms with Crippen LogP contribution in [0.4, 0.5) is 0 Å². The summed E-state index contributed by atoms with van der Waals surface area (Å²) in [5.41, 5.74) is 1.41. The Kier molecular flexibility index (Phi) is 4.51. The van der Waals surface area contributed by atoms with Crippen LogP contribution in [-0.2, 0) is 18.4 Å². The number of nitrogens with zero attached hydrogens (tertiary/aromatic N) is 2. The van der Waals surface area contributed by atoms with Gasteiger partial charge in [0.2, 0.25) is 5.91 Å². The van der Waals surface area contributed by atoms with Crippen LogP contribution in [0.5, 0.6) is 0 Å². The van der Waals surface area contributed by atoms with E-state index in [0.29, 0.717) is 12.2 Å². The van der Waals surface area contributed by atoms with E-state index in [0.717, 1.165) is 5.56 Å². The Morgan fingerprint density at radius 1 is 1.50 bits per heavy atom. The molecule has 1 amide bonds. The molecule has 0 bridgehead atoms. The number of aromatic nitrogens is 1. The van der Waals surface area contributed by atoms with E-state index in [2.05, 4.69) is 16.7 Å². The zero-order valence-corrected chi connectivity index (χ0v) is 11.4. The van der Waals surface area contributed by atoms with Crippen molar-refractivity contribution in [3.63, 3.8) is 0 Å². The molecule has 1 heterocycles. The van der Waals surface area contributed by atoms with Gasteiger partial charge in [-0.2, -0.15) is 5.26 Å². The van der Waals surface area contributed by atoms with Gasteiger partial charge in [-0.1, -0.05) is 0 Å². The minimum Gasteiger partial charge on any atom is -0.350 e. The minimum atomic E-state index is -0.209. The third-order valence-electron chi connectivity index (χ3n) is 2.31. The molecule has 0 aliphatic rings. The summed E-state index contributed by atoms with van der Waals surface area (Å²) < 4.78 is 1.77. The smallest absolute Gasteiger partial charge is 0.234 e. The van der Waals surface area contributed by atoms with Gasteiger partial charge in [0.1, 0.15) is 11.8 Å². The molecule has 0 aliphatic carbocycles. The van der Waals surface area contributed by atoms with Gasteiger partial charge in [0.25, 0.3) is 0 Å². The second-order valence-electron chi connectivity index (χ2n) is 5.36. The van der Waals surface area contributed by atoms with Crippen molar-refractivity contribution in [2.45, 2.75) is 32.9 Å². The van der Waals surface area contributed by atoms with Gasteiger partial charge in [-0.25, -0.2) is 0 Å². The summed E-state index contributed by atoms with van der Waals surface area (Å²) in [5, 5.41) is 14.7. The Hall–Kier alpha value is -1.80. The second kappa shape index (κ2) is 5.69. The minimum absolute atomic E-state index is 0.0288. The lowest BCUT2D eigenvalue weighted by molar-refractivity contribution is -0.121. The Bertz CT molecular complexity index is 462. The molecule has 0 aromatic carbocycles. The zero-order valence-electron chi connectivity index (χ0n) is 11.4. The quantitative estimate of drug-likeness (QED) is 0.831. The molecule has 0 spiro atoms. The number of nitrogens with one attached hydrogen (secondary N) is 2. The highest BCUT2D eigenvalue weighted by Crippen LogP contribution is 2.05. The first-order valence-electron chi connectivity index (χ1n) is 5.89. The Morgan fingerprint density at radius 2 is 2.17 bits per heavy atom. The van der Waals surface area contributed by atoms with Crippen molar-refractivity contribution < 1.29 is 4.79 Å². The van der Waals surface area contributed by atoms with E-state index in [9.17, 15) is 4.79 Å². The maximum atomic E-state index is 11.5. The number of carbonyl (C=O) groups excluding carboxylic acids is 1. The summed E-state index contributed by atoms with van der Waals surface area (Å²) >= 11 is 0. The second-order valence-corrected chi connectivity index (χ2v) is 5.36. The summed E-state index contributed by atoms with van der Waals surface area (Å²) in [7, 11) is 1.83. The Balaban J connectivity index is 2.38. The molecule has 1 aromatic heterocycles. The molecule has 2 N–H and O–H groups in total. The normalized spacial score (nSPS) is 11.1. The van der Waals surface area contributed by atoms with Crippen LogP contribution in [0.1, 0.15) is 32.0 Å². The van der Waals surface area contributed by atoms with Crippen LogP contribution in [-0.4, -0.2) is 22.6 Å². The summed E-state index contributed by atoms with van der Waals surface area (Å²) in [4.78, 5) is 11.5. The fourth-order valence-electron chi connectivity index (χ4n) is 1.62. The number of aryl methyl sites for hydroxylation is 1. The van der Waals surface area contributed by atoms with Gasteiger partial charge in [-0.15, -0.1) is 0 Å². The Labute approximate surface area is 108 Å². The van der Waals surface area contributed by atoms with Crippen LogP contribution >= 0.6 is 0 Å². The van der Waals surface area contributed by atoms with E-state index < -0.39 is 0 Å². The topological polar surface area (TPSA) is 69.8 Å². The lowest BCUT2D eigenvalue weighted by Gasteiger charge is -2.20. The van der Waals surface area contributed by atoms with Crippen LogP contribution in [0.15, 0.2) is 12.3 Å². The van der Waals surface area contributed by atoms with Crippen molar-refractivity contribution >= 4 is 5.91 Å². The first kappa shape index (κ1) is 14.3. The molecule has 18 heavy (non-hydrogen) atoms. The molecule has 98 valence electrons. The summed E-state index contributed by atoms with van der Waals surface area (Å²) in [6.07, 6.45) is 1.88. The highest BCUT2D eigenvalue weighted by atomic mass is 16.2. The summed E-state index contributed by atoms with van der Waals surface area (Å²) in [6, 6.07) is 3.92. The number of hydrogen-bond acceptors (Lipinski definition) is 3. The largest absolute Gasteiger partial charge is 0.350 e. The predicted octanol–water partition coefficient (Wildman–Crippen LogP) is 0.901. The average molecular weight is 248 g/mol. The van der Waals surface area contributed by atoms with Crippen molar-refractivity contribution in [3.8, 4) is 6.07 Å². The first-order chi connectivity index (χ1) is 8.31. The summed E-state index contributed by atoms with van der Waals surface area (Å²) in [6.45, 7) is 6.69. The van der Waals surface area contributed by atoms with Gasteiger partial charge in [-0.3, -0.25) is 4.79 Å². The van der Waals surface area contributed by atoms with Gasteiger partial charge in [-0.05, 0) is 32.4 Å². The van der Waals surface area contributed by atoms with Crippen LogP contribution in [0.25, 0.3) is 0 Å². The molecule has 5 heteroatoms. The molecule has 0 unspecified atom stereocenters. The van der Waals surface area contributed by atoms with Gasteiger partial charge >= 0.3 is 0 Å². The number of nitriles is 1. The fraction of sp³-hybridized carbons (Fsp3) is 0.538. The number of rotatable bonds is 4. The van der Waals surface area contributed by atoms with E-state index >= 15 is 0 Å². The molecular weight excluding hydrogens is 228 g/mol. The van der Waals surface area contributed by atoms with E-state index in [1.165, 1.54) is 0 Å². The van der Waals surface area contributed by atoms with E-state index in [4.69, 9.17) is 5.26 Å². The Morgan fingerprint density at radius 3 is 2.67 bits per heavy atom. The van der Waals surface area contributed by atoms with Gasteiger partial charge in [0, 0.05) is 25.3 Å². The molecule has 0 fully saturated rings. The monoisotopic (exact) mass is 248 g/mol. The summed E-state index contributed by atoms with van der Waals surface area (Å²) in [5.74, 6) is -0.0288. The van der Waals surface area contributed by atoms with Crippen LogP contribution in [0.2, 0.25) is 0 Å². The van der Waals surface area contributed by atoms with Crippen molar-refractivity contribution in [1.82, 2.24) is 15.2 Å². The zero-order chi connectivity index (χ0) is 13.8. The van der Waals surface area contributed by atoms with Crippen molar-refractivity contribution in [1.29, 1.82) is 5.26 Å². The van der Waals surface area contributed by atoms with Gasteiger partial charge in [0.05, 0.1) is 6.54 Å². The molecule has 0 aliphatic heterocycles. The SMILES string of the molecule is Cn1cc(CNCC(=O)NC(C)(C)C)cc1C#N. The van der Waals surface area contributed by atoms with Crippen molar-refractivity contribution in [2.75, 3.05) is 6.54 Å². The van der Waals surface area contributed by atoms with Gasteiger partial charge in [0.15, 0.2) is 0 Å². The van der Waals surface area contributed by atoms with E-state index in [1.54, 1.807) is 4.57 Å². The maximum absolute atomic E-state index is 11.5. The predicted molar refractivity (Wildman–Crippen MR) is 69.7 cm³/mol. The highest BCUT2D eigenvalue weighted by molar-refractivity contribution is 5.78. The third-order valence-corrected chi connectivity index (χ3v) is 2.31. The molecule has 0 atom stereocenters. The lowest BCUT2D eigenvalue weighted by atomic mass is 10.1. The third kappa shape index (κ3) is 4.60. The standard InChI is InChI=1S/C13H20N4O/c1-13(2,3)16-12(18)8-15-7-10-5-11(6-14)17(4)9-10/h5,9,15H,7-8H2,1-4H3,(H,16,18). The van der Waals surface area contributed by atoms with Crippen molar-refractivity contribution in [3.05, 3.63) is 23.5 Å². The van der Waals surface area contributed by atoms with Crippen LogP contribution < -0.4 is 10.6 Å². The number of carbonyl (C=O) groups is 1. The molecule has 0 saturated carbocycles. The van der Waals surface area contributed by atoms with E-state index in [-0.39, 0.29) is 18.0 Å². The molecule has 1 rings (SSSR count). The molecular formula is C13H20N4O. The molecule has 0 radical (unpaired) electrons. The van der Waals surface area contributed by atoms with Gasteiger partial charge < -0.3 is 15.2 Å². The number of hydrogen-bond donors (Lipinski definition) is 2. The first-order valence-corrected chi connectivity index (χ1v) is 5.89. The fourth-order valence-corrected chi connectivity index (χ4v) is 1.62. The average Bonchev–Trinajstić information content (AvgIpc) is 2.56. The van der Waals surface area contributed by atoms with Crippen molar-refractivity contribution in [2.24, 2.45) is 7.05 Å². The molecule has 5 nitrogen and oxygen atoms in total. The lowest BCUT2D eigenvalue weighted by Crippen LogP contribution is -2.44. The highest BCUT2D eigenvalue weighted by Gasteiger charge is 2.13.